The van der Waals surface area contributed by atoms with Gasteiger partial charge in [0.25, 0.3) is 5.56 Å². The number of hydrogen-bond donors (Lipinski definition) is 1. The lowest BCUT2D eigenvalue weighted by molar-refractivity contribution is 0.282. The fourth-order valence-corrected chi connectivity index (χ4v) is 5.68. The quantitative estimate of drug-likeness (QED) is 0.864. The van der Waals surface area contributed by atoms with Gasteiger partial charge in [0.2, 0.25) is 0 Å². The SMILES string of the molecule is CN1CCC(Sc2nc3sc4c(c3c(=O)[nH]2)CCC4)CC1. The summed E-state index contributed by atoms with van der Waals surface area (Å²) >= 11 is 3.47. The monoisotopic (exact) mass is 321 g/mol. The van der Waals surface area contributed by atoms with Crippen molar-refractivity contribution in [3.05, 3.63) is 20.8 Å². The summed E-state index contributed by atoms with van der Waals surface area (Å²) < 4.78 is 0. The number of aromatic nitrogens is 2. The Morgan fingerprint density at radius 3 is 2.95 bits per heavy atom. The van der Waals surface area contributed by atoms with Crippen molar-refractivity contribution in [2.45, 2.75) is 42.5 Å². The van der Waals surface area contributed by atoms with Crippen LogP contribution in [0.25, 0.3) is 10.2 Å². The second kappa shape index (κ2) is 5.41. The van der Waals surface area contributed by atoms with Gasteiger partial charge in [0, 0.05) is 10.1 Å². The van der Waals surface area contributed by atoms with Crippen molar-refractivity contribution >= 4 is 33.3 Å². The molecule has 1 aliphatic carbocycles. The van der Waals surface area contributed by atoms with Crippen LogP contribution in [0.1, 0.15) is 29.7 Å². The maximum Gasteiger partial charge on any atom is 0.260 e. The van der Waals surface area contributed by atoms with Crippen molar-refractivity contribution in [1.29, 1.82) is 0 Å². The molecule has 112 valence electrons. The number of nitrogens with one attached hydrogen (secondary N) is 1. The number of thiophene rings is 1. The Labute approximate surface area is 132 Å². The lowest BCUT2D eigenvalue weighted by Gasteiger charge is -2.27. The molecule has 2 aromatic rings. The summed E-state index contributed by atoms with van der Waals surface area (Å²) in [5.74, 6) is 0. The number of piperidine rings is 1. The molecule has 2 aliphatic rings. The number of rotatable bonds is 2. The highest BCUT2D eigenvalue weighted by molar-refractivity contribution is 7.99. The Morgan fingerprint density at radius 1 is 1.33 bits per heavy atom. The summed E-state index contributed by atoms with van der Waals surface area (Å²) in [7, 11) is 2.17. The first kappa shape index (κ1) is 13.8. The zero-order chi connectivity index (χ0) is 14.4. The fourth-order valence-electron chi connectivity index (χ4n) is 3.30. The third-order valence-corrected chi connectivity index (χ3v) is 6.90. The van der Waals surface area contributed by atoms with Gasteiger partial charge in [-0.15, -0.1) is 11.3 Å². The van der Waals surface area contributed by atoms with Gasteiger partial charge in [-0.1, -0.05) is 11.8 Å². The van der Waals surface area contributed by atoms with E-state index in [-0.39, 0.29) is 5.56 Å². The van der Waals surface area contributed by atoms with Crippen LogP contribution < -0.4 is 5.56 Å². The number of hydrogen-bond acceptors (Lipinski definition) is 5. The van der Waals surface area contributed by atoms with Crippen LogP contribution in [0.5, 0.6) is 0 Å². The standard InChI is InChI=1S/C15H19N3OS2/c1-18-7-5-9(6-8-18)20-15-16-13(19)12-10-3-2-4-11(10)21-14(12)17-15/h9H,2-8H2,1H3,(H,16,17,19). The van der Waals surface area contributed by atoms with Crippen molar-refractivity contribution in [3.8, 4) is 0 Å². The van der Waals surface area contributed by atoms with Gasteiger partial charge in [-0.05, 0) is 57.8 Å². The molecule has 4 rings (SSSR count). The minimum absolute atomic E-state index is 0.0647. The van der Waals surface area contributed by atoms with Gasteiger partial charge in [-0.2, -0.15) is 0 Å². The largest absolute Gasteiger partial charge is 0.306 e. The number of H-pyrrole nitrogens is 1. The zero-order valence-corrected chi connectivity index (χ0v) is 13.8. The van der Waals surface area contributed by atoms with E-state index in [1.54, 1.807) is 23.1 Å². The van der Waals surface area contributed by atoms with E-state index in [9.17, 15) is 4.79 Å². The minimum Gasteiger partial charge on any atom is -0.306 e. The van der Waals surface area contributed by atoms with Gasteiger partial charge in [0.1, 0.15) is 4.83 Å². The Hall–Kier alpha value is -0.850. The van der Waals surface area contributed by atoms with E-state index in [4.69, 9.17) is 4.98 Å². The lowest BCUT2D eigenvalue weighted by Crippen LogP contribution is -2.31. The molecule has 1 aliphatic heterocycles. The maximum absolute atomic E-state index is 12.4. The Bertz CT molecular complexity index is 728. The predicted molar refractivity (Wildman–Crippen MR) is 88.6 cm³/mol. The van der Waals surface area contributed by atoms with Gasteiger partial charge < -0.3 is 9.88 Å². The van der Waals surface area contributed by atoms with Gasteiger partial charge in [0.15, 0.2) is 5.16 Å². The van der Waals surface area contributed by atoms with Crippen molar-refractivity contribution in [2.75, 3.05) is 20.1 Å². The molecule has 4 nitrogen and oxygen atoms in total. The van der Waals surface area contributed by atoms with E-state index in [0.29, 0.717) is 5.25 Å². The van der Waals surface area contributed by atoms with E-state index in [0.717, 1.165) is 41.3 Å². The van der Waals surface area contributed by atoms with E-state index < -0.39 is 0 Å². The van der Waals surface area contributed by atoms with Crippen LogP contribution in [-0.2, 0) is 12.8 Å². The molecular formula is C15H19N3OS2. The molecule has 1 N–H and O–H groups in total. The number of aryl methyl sites for hydroxylation is 2. The van der Waals surface area contributed by atoms with E-state index >= 15 is 0 Å². The second-order valence-corrected chi connectivity index (χ2v) is 8.40. The lowest BCUT2D eigenvalue weighted by atomic mass is 10.1. The normalized spacial score (nSPS) is 20.2. The summed E-state index contributed by atoms with van der Waals surface area (Å²) in [6.07, 6.45) is 5.69. The smallest absolute Gasteiger partial charge is 0.260 e. The van der Waals surface area contributed by atoms with Crippen LogP contribution in [0.15, 0.2) is 9.95 Å². The Balaban J connectivity index is 1.63. The molecule has 0 bridgehead atoms. The summed E-state index contributed by atoms with van der Waals surface area (Å²) in [5, 5.41) is 2.25. The third kappa shape index (κ3) is 2.53. The third-order valence-electron chi connectivity index (χ3n) is 4.50. The molecule has 1 fully saturated rings. The molecule has 0 unspecified atom stereocenters. The summed E-state index contributed by atoms with van der Waals surface area (Å²) in [4.78, 5) is 24.8. The van der Waals surface area contributed by atoms with Crippen LogP contribution in [0, 0.1) is 0 Å². The first-order valence-corrected chi connectivity index (χ1v) is 9.30. The number of likely N-dealkylation sites (tertiary alicyclic amines) is 1. The van der Waals surface area contributed by atoms with Gasteiger partial charge in [0.05, 0.1) is 5.39 Å². The van der Waals surface area contributed by atoms with Crippen LogP contribution in [0.2, 0.25) is 0 Å². The molecule has 0 radical (unpaired) electrons. The molecule has 21 heavy (non-hydrogen) atoms. The molecule has 3 heterocycles. The topological polar surface area (TPSA) is 49.0 Å². The van der Waals surface area contributed by atoms with Gasteiger partial charge in [-0.3, -0.25) is 4.79 Å². The first-order chi connectivity index (χ1) is 10.2. The van der Waals surface area contributed by atoms with Crippen LogP contribution in [0.4, 0.5) is 0 Å². The van der Waals surface area contributed by atoms with Crippen molar-refractivity contribution in [2.24, 2.45) is 0 Å². The molecule has 0 saturated carbocycles. The highest BCUT2D eigenvalue weighted by Gasteiger charge is 2.23. The molecule has 1 saturated heterocycles. The van der Waals surface area contributed by atoms with Crippen LogP contribution in [0.3, 0.4) is 0 Å². The van der Waals surface area contributed by atoms with E-state index in [1.807, 2.05) is 0 Å². The van der Waals surface area contributed by atoms with Crippen LogP contribution in [-0.4, -0.2) is 40.3 Å². The van der Waals surface area contributed by atoms with E-state index in [1.165, 1.54) is 29.7 Å². The first-order valence-electron chi connectivity index (χ1n) is 7.60. The fraction of sp³-hybridized carbons (Fsp3) is 0.600. The van der Waals surface area contributed by atoms with Gasteiger partial charge >= 0.3 is 0 Å². The van der Waals surface area contributed by atoms with Crippen molar-refractivity contribution < 1.29 is 0 Å². The number of thioether (sulfide) groups is 1. The Kier molecular flexibility index (Phi) is 3.55. The predicted octanol–water partition coefficient (Wildman–Crippen LogP) is 2.66. The summed E-state index contributed by atoms with van der Waals surface area (Å²) in [5.41, 5.74) is 1.33. The van der Waals surface area contributed by atoms with E-state index in [2.05, 4.69) is 16.9 Å². The number of nitrogens with zero attached hydrogens (tertiary/aromatic N) is 2. The van der Waals surface area contributed by atoms with Crippen molar-refractivity contribution in [3.63, 3.8) is 0 Å². The average Bonchev–Trinajstić information content (AvgIpc) is 3.01. The Morgan fingerprint density at radius 2 is 2.14 bits per heavy atom. The second-order valence-electron chi connectivity index (χ2n) is 6.03. The van der Waals surface area contributed by atoms with Crippen LogP contribution >= 0.6 is 23.1 Å². The average molecular weight is 321 g/mol. The molecule has 6 heteroatoms. The number of fused-ring (bicyclic) bond motifs is 3. The highest BCUT2D eigenvalue weighted by atomic mass is 32.2. The zero-order valence-electron chi connectivity index (χ0n) is 12.1. The molecule has 2 aromatic heterocycles. The van der Waals surface area contributed by atoms with Gasteiger partial charge in [-0.25, -0.2) is 4.98 Å². The molecule has 0 spiro atoms. The maximum atomic E-state index is 12.4. The number of aromatic amines is 1. The molecular weight excluding hydrogens is 302 g/mol. The highest BCUT2D eigenvalue weighted by Crippen LogP contribution is 2.36. The molecule has 0 amide bonds. The summed E-state index contributed by atoms with van der Waals surface area (Å²) in [6.45, 7) is 2.27. The molecule has 0 atom stereocenters. The summed E-state index contributed by atoms with van der Waals surface area (Å²) in [6, 6.07) is 0. The minimum atomic E-state index is 0.0647. The molecule has 0 aromatic carbocycles. The van der Waals surface area contributed by atoms with Crippen molar-refractivity contribution in [1.82, 2.24) is 14.9 Å².